The Hall–Kier alpha value is -0.960. The highest BCUT2D eigenvalue weighted by Crippen LogP contribution is 2.37. The quantitative estimate of drug-likeness (QED) is 0.699. The molecule has 1 aromatic rings. The fourth-order valence-corrected chi connectivity index (χ4v) is 2.30. The Morgan fingerprint density at radius 3 is 2.67 bits per heavy atom. The minimum Gasteiger partial charge on any atom is -0.381 e. The van der Waals surface area contributed by atoms with Gasteiger partial charge in [0.15, 0.2) is 0 Å². The largest absolute Gasteiger partial charge is 0.381 e. The van der Waals surface area contributed by atoms with E-state index in [4.69, 9.17) is 4.74 Å². The van der Waals surface area contributed by atoms with Crippen LogP contribution in [-0.2, 0) is 10.2 Å². The van der Waals surface area contributed by atoms with Gasteiger partial charge in [-0.05, 0) is 30.9 Å². The van der Waals surface area contributed by atoms with Crippen LogP contribution in [0.4, 0.5) is 4.39 Å². The zero-order valence-electron chi connectivity index (χ0n) is 9.00. The second kappa shape index (κ2) is 4.27. The third-order valence-corrected chi connectivity index (χ3v) is 3.47. The van der Waals surface area contributed by atoms with Crippen molar-refractivity contribution in [2.45, 2.75) is 31.6 Å². The van der Waals surface area contributed by atoms with Gasteiger partial charge in [-0.2, -0.15) is 4.39 Å². The first-order valence-corrected chi connectivity index (χ1v) is 5.47. The van der Waals surface area contributed by atoms with E-state index in [0.29, 0.717) is 0 Å². The molecule has 0 bridgehead atoms. The maximum absolute atomic E-state index is 12.7. The summed E-state index contributed by atoms with van der Waals surface area (Å²) in [7, 11) is 0. The molecule has 2 rings (SSSR count). The SMILES string of the molecule is CCC1(c2ccc(F)nc2)CCOCC1. The monoisotopic (exact) mass is 209 g/mol. The zero-order valence-corrected chi connectivity index (χ0v) is 9.00. The molecule has 1 aliphatic heterocycles. The lowest BCUT2D eigenvalue weighted by molar-refractivity contribution is 0.0484. The Labute approximate surface area is 89.5 Å². The van der Waals surface area contributed by atoms with E-state index < -0.39 is 5.95 Å². The van der Waals surface area contributed by atoms with Gasteiger partial charge < -0.3 is 4.74 Å². The number of ether oxygens (including phenoxy) is 1. The minimum atomic E-state index is -0.405. The molecule has 82 valence electrons. The molecule has 1 fully saturated rings. The van der Waals surface area contributed by atoms with Crippen LogP contribution in [0.2, 0.25) is 0 Å². The van der Waals surface area contributed by atoms with E-state index in [1.165, 1.54) is 6.07 Å². The van der Waals surface area contributed by atoms with E-state index in [2.05, 4.69) is 11.9 Å². The van der Waals surface area contributed by atoms with Crippen molar-refractivity contribution >= 4 is 0 Å². The summed E-state index contributed by atoms with van der Waals surface area (Å²) in [6.07, 6.45) is 4.75. The lowest BCUT2D eigenvalue weighted by Gasteiger charge is -2.36. The van der Waals surface area contributed by atoms with Gasteiger partial charge >= 0.3 is 0 Å². The van der Waals surface area contributed by atoms with E-state index in [9.17, 15) is 4.39 Å². The van der Waals surface area contributed by atoms with Crippen LogP contribution in [0.15, 0.2) is 18.3 Å². The Balaban J connectivity index is 2.28. The van der Waals surface area contributed by atoms with Gasteiger partial charge in [-0.15, -0.1) is 0 Å². The normalized spacial score (nSPS) is 20.1. The molecule has 0 aromatic carbocycles. The van der Waals surface area contributed by atoms with Gasteiger partial charge in [0.1, 0.15) is 0 Å². The van der Waals surface area contributed by atoms with Gasteiger partial charge in [0, 0.05) is 24.8 Å². The van der Waals surface area contributed by atoms with Crippen molar-refractivity contribution in [2.75, 3.05) is 13.2 Å². The molecule has 3 heteroatoms. The second-order valence-electron chi connectivity index (χ2n) is 4.12. The van der Waals surface area contributed by atoms with Gasteiger partial charge in [-0.25, -0.2) is 4.98 Å². The summed E-state index contributed by atoms with van der Waals surface area (Å²) in [5.74, 6) is -0.405. The van der Waals surface area contributed by atoms with Crippen LogP contribution >= 0.6 is 0 Å². The lowest BCUT2D eigenvalue weighted by Crippen LogP contribution is -2.33. The Morgan fingerprint density at radius 2 is 2.13 bits per heavy atom. The summed E-state index contributed by atoms with van der Waals surface area (Å²) in [6, 6.07) is 3.30. The summed E-state index contributed by atoms with van der Waals surface area (Å²) in [5, 5.41) is 0. The van der Waals surface area contributed by atoms with E-state index in [1.54, 1.807) is 6.20 Å². The molecule has 1 aromatic heterocycles. The highest BCUT2D eigenvalue weighted by molar-refractivity contribution is 5.22. The maximum atomic E-state index is 12.7. The number of halogens is 1. The first-order chi connectivity index (χ1) is 7.27. The summed E-state index contributed by atoms with van der Waals surface area (Å²) in [4.78, 5) is 3.74. The van der Waals surface area contributed by atoms with Crippen LogP contribution in [0.25, 0.3) is 0 Å². The molecule has 2 nitrogen and oxygen atoms in total. The van der Waals surface area contributed by atoms with Crippen molar-refractivity contribution in [2.24, 2.45) is 0 Å². The molecule has 0 radical (unpaired) electrons. The first kappa shape index (κ1) is 10.6. The molecule has 0 atom stereocenters. The summed E-state index contributed by atoms with van der Waals surface area (Å²) >= 11 is 0. The molecule has 1 saturated heterocycles. The predicted molar refractivity (Wildman–Crippen MR) is 56.2 cm³/mol. The van der Waals surface area contributed by atoms with Crippen molar-refractivity contribution in [3.05, 3.63) is 29.8 Å². The van der Waals surface area contributed by atoms with Crippen molar-refractivity contribution in [3.63, 3.8) is 0 Å². The average Bonchev–Trinajstić information content (AvgIpc) is 2.31. The smallest absolute Gasteiger partial charge is 0.212 e. The summed E-state index contributed by atoms with van der Waals surface area (Å²) in [5.41, 5.74) is 1.30. The van der Waals surface area contributed by atoms with E-state index in [0.717, 1.165) is 38.0 Å². The van der Waals surface area contributed by atoms with Crippen LogP contribution in [0.5, 0.6) is 0 Å². The molecule has 0 N–H and O–H groups in total. The average molecular weight is 209 g/mol. The van der Waals surface area contributed by atoms with Gasteiger partial charge in [-0.3, -0.25) is 0 Å². The molecule has 0 saturated carbocycles. The van der Waals surface area contributed by atoms with Gasteiger partial charge in [0.05, 0.1) is 0 Å². The van der Waals surface area contributed by atoms with Crippen LogP contribution in [0.1, 0.15) is 31.7 Å². The number of nitrogens with zero attached hydrogens (tertiary/aromatic N) is 1. The van der Waals surface area contributed by atoms with Crippen LogP contribution in [-0.4, -0.2) is 18.2 Å². The number of rotatable bonds is 2. The Bertz CT molecular complexity index is 317. The Morgan fingerprint density at radius 1 is 1.40 bits per heavy atom. The van der Waals surface area contributed by atoms with E-state index in [-0.39, 0.29) is 5.41 Å². The van der Waals surface area contributed by atoms with Crippen molar-refractivity contribution < 1.29 is 9.13 Å². The summed E-state index contributed by atoms with van der Waals surface area (Å²) in [6.45, 7) is 3.77. The number of hydrogen-bond acceptors (Lipinski definition) is 2. The molecule has 1 aliphatic rings. The molecular weight excluding hydrogens is 193 g/mol. The lowest BCUT2D eigenvalue weighted by atomic mass is 9.73. The summed E-state index contributed by atoms with van der Waals surface area (Å²) < 4.78 is 18.1. The molecular formula is C12H16FNO. The van der Waals surface area contributed by atoms with Gasteiger partial charge in [0.25, 0.3) is 0 Å². The molecule has 0 spiro atoms. The molecule has 0 amide bonds. The molecule has 2 heterocycles. The van der Waals surface area contributed by atoms with Crippen LogP contribution < -0.4 is 0 Å². The standard InChI is InChI=1S/C12H16FNO/c1-2-12(5-7-15-8-6-12)10-3-4-11(13)14-9-10/h3-4,9H,2,5-8H2,1H3. The van der Waals surface area contributed by atoms with E-state index >= 15 is 0 Å². The first-order valence-electron chi connectivity index (χ1n) is 5.47. The Kier molecular flexibility index (Phi) is 3.00. The van der Waals surface area contributed by atoms with Gasteiger partial charge in [-0.1, -0.05) is 13.0 Å². The third kappa shape index (κ3) is 2.02. The molecule has 15 heavy (non-hydrogen) atoms. The third-order valence-electron chi connectivity index (χ3n) is 3.47. The highest BCUT2D eigenvalue weighted by Gasteiger charge is 2.32. The maximum Gasteiger partial charge on any atom is 0.212 e. The fraction of sp³-hybridized carbons (Fsp3) is 0.583. The number of pyridine rings is 1. The highest BCUT2D eigenvalue weighted by atomic mass is 19.1. The predicted octanol–water partition coefficient (Wildman–Crippen LogP) is 2.68. The number of aromatic nitrogens is 1. The van der Waals surface area contributed by atoms with Crippen molar-refractivity contribution in [1.82, 2.24) is 4.98 Å². The number of hydrogen-bond donors (Lipinski definition) is 0. The second-order valence-corrected chi connectivity index (χ2v) is 4.12. The molecule has 0 aliphatic carbocycles. The van der Waals surface area contributed by atoms with E-state index in [1.807, 2.05) is 6.07 Å². The van der Waals surface area contributed by atoms with Crippen molar-refractivity contribution in [1.29, 1.82) is 0 Å². The molecule has 0 unspecified atom stereocenters. The van der Waals surface area contributed by atoms with Crippen LogP contribution in [0.3, 0.4) is 0 Å². The topological polar surface area (TPSA) is 22.1 Å². The van der Waals surface area contributed by atoms with Gasteiger partial charge in [0.2, 0.25) is 5.95 Å². The van der Waals surface area contributed by atoms with Crippen molar-refractivity contribution in [3.8, 4) is 0 Å². The van der Waals surface area contributed by atoms with Crippen LogP contribution in [0, 0.1) is 5.95 Å². The minimum absolute atomic E-state index is 0.152. The zero-order chi connectivity index (χ0) is 10.7. The fourth-order valence-electron chi connectivity index (χ4n) is 2.30.